The van der Waals surface area contributed by atoms with Crippen LogP contribution in [0.4, 0.5) is 0 Å². The molecule has 1 unspecified atom stereocenters. The number of carbonyl (C=O) groups excluding carboxylic acids is 1. The average Bonchev–Trinajstić information content (AvgIpc) is 3.16. The van der Waals surface area contributed by atoms with E-state index in [1.165, 1.54) is 0 Å². The number of aromatic nitrogens is 4. The van der Waals surface area contributed by atoms with Crippen LogP contribution in [0.2, 0.25) is 0 Å². The van der Waals surface area contributed by atoms with Crippen LogP contribution < -0.4 is 5.32 Å². The molecule has 8 nitrogen and oxygen atoms in total. The summed E-state index contributed by atoms with van der Waals surface area (Å²) in [5.74, 6) is 1.19. The number of nitrogens with one attached hydrogen (secondary N) is 1. The molecule has 24 heavy (non-hydrogen) atoms. The maximum Gasteiger partial charge on any atom is 0.246 e. The van der Waals surface area contributed by atoms with Crippen molar-refractivity contribution >= 4 is 5.91 Å². The van der Waals surface area contributed by atoms with E-state index in [0.717, 1.165) is 38.0 Å². The van der Waals surface area contributed by atoms with Crippen LogP contribution in [0, 0.1) is 6.92 Å². The molecule has 0 aliphatic carbocycles. The topological polar surface area (TPSA) is 89.1 Å². The Morgan fingerprint density at radius 1 is 1.42 bits per heavy atom. The Kier molecular flexibility index (Phi) is 5.24. The van der Waals surface area contributed by atoms with Gasteiger partial charge in [0.2, 0.25) is 11.8 Å². The fraction of sp³-hybridized carbons (Fsp3) is 0.625. The number of amides is 1. The summed E-state index contributed by atoms with van der Waals surface area (Å²) in [5, 5.41) is 7.18. The second-order valence-corrected chi connectivity index (χ2v) is 6.10. The summed E-state index contributed by atoms with van der Waals surface area (Å²) in [6, 6.07) is -0.184. The van der Waals surface area contributed by atoms with Crippen LogP contribution in [-0.4, -0.2) is 43.1 Å². The molecule has 1 saturated heterocycles. The fourth-order valence-electron chi connectivity index (χ4n) is 3.03. The SMILES string of the molecule is CCn1cncc1CNC1CCCCN(Cc2nc(C)no2)C1=O. The minimum Gasteiger partial charge on any atom is -0.337 e. The third-order valence-corrected chi connectivity index (χ3v) is 4.35. The molecule has 1 amide bonds. The third kappa shape index (κ3) is 3.81. The molecule has 0 radical (unpaired) electrons. The highest BCUT2D eigenvalue weighted by molar-refractivity contribution is 5.82. The van der Waals surface area contributed by atoms with Crippen LogP contribution in [0.5, 0.6) is 0 Å². The standard InChI is InChI=1S/C16H24N6O2/c1-3-21-11-17-8-13(21)9-18-14-6-4-5-7-22(16(14)23)10-15-19-12(2)20-24-15/h8,11,14,18H,3-7,9-10H2,1-2H3. The minimum atomic E-state index is -0.184. The molecule has 0 bridgehead atoms. The second kappa shape index (κ2) is 7.57. The Balaban J connectivity index is 1.63. The molecule has 1 N–H and O–H groups in total. The van der Waals surface area contributed by atoms with Gasteiger partial charge in [0.1, 0.15) is 6.54 Å². The van der Waals surface area contributed by atoms with Gasteiger partial charge in [-0.1, -0.05) is 5.16 Å². The molecule has 1 aliphatic heterocycles. The van der Waals surface area contributed by atoms with Gasteiger partial charge in [0, 0.05) is 25.8 Å². The summed E-state index contributed by atoms with van der Waals surface area (Å²) in [6.07, 6.45) is 6.52. The van der Waals surface area contributed by atoms with Crippen LogP contribution >= 0.6 is 0 Å². The summed E-state index contributed by atoms with van der Waals surface area (Å²) in [7, 11) is 0. The highest BCUT2D eigenvalue weighted by Crippen LogP contribution is 2.15. The monoisotopic (exact) mass is 332 g/mol. The van der Waals surface area contributed by atoms with Crippen molar-refractivity contribution in [3.8, 4) is 0 Å². The molecule has 2 aromatic rings. The van der Waals surface area contributed by atoms with Crippen LogP contribution in [0.25, 0.3) is 0 Å². The molecule has 8 heteroatoms. The van der Waals surface area contributed by atoms with Crippen molar-refractivity contribution in [2.24, 2.45) is 0 Å². The van der Waals surface area contributed by atoms with E-state index in [4.69, 9.17) is 4.52 Å². The summed E-state index contributed by atoms with van der Waals surface area (Å²) in [6.45, 7) is 6.47. The van der Waals surface area contributed by atoms with Crippen molar-refractivity contribution in [3.05, 3.63) is 29.9 Å². The first kappa shape index (κ1) is 16.6. The highest BCUT2D eigenvalue weighted by Gasteiger charge is 2.28. The van der Waals surface area contributed by atoms with Gasteiger partial charge >= 0.3 is 0 Å². The Morgan fingerprint density at radius 3 is 3.04 bits per heavy atom. The van der Waals surface area contributed by atoms with Gasteiger partial charge in [0.05, 0.1) is 18.1 Å². The molecule has 130 valence electrons. The number of imidazole rings is 1. The van der Waals surface area contributed by atoms with E-state index >= 15 is 0 Å². The Bertz CT molecular complexity index is 680. The lowest BCUT2D eigenvalue weighted by molar-refractivity contribution is -0.133. The Morgan fingerprint density at radius 2 is 2.29 bits per heavy atom. The van der Waals surface area contributed by atoms with Crippen molar-refractivity contribution in [1.82, 2.24) is 29.9 Å². The van der Waals surface area contributed by atoms with Crippen LogP contribution in [-0.2, 0) is 24.4 Å². The number of rotatable bonds is 6. The van der Waals surface area contributed by atoms with E-state index in [-0.39, 0.29) is 11.9 Å². The molecule has 0 aromatic carbocycles. The molecule has 3 heterocycles. The van der Waals surface area contributed by atoms with Gasteiger partial charge in [-0.2, -0.15) is 4.98 Å². The smallest absolute Gasteiger partial charge is 0.246 e. The lowest BCUT2D eigenvalue weighted by Crippen LogP contribution is -2.44. The quantitative estimate of drug-likeness (QED) is 0.857. The van der Waals surface area contributed by atoms with E-state index in [1.54, 1.807) is 6.92 Å². The maximum atomic E-state index is 12.8. The lowest BCUT2D eigenvalue weighted by Gasteiger charge is -2.23. The minimum absolute atomic E-state index is 0.103. The number of hydrogen-bond acceptors (Lipinski definition) is 6. The summed E-state index contributed by atoms with van der Waals surface area (Å²) in [5.41, 5.74) is 1.09. The molecule has 0 saturated carbocycles. The van der Waals surface area contributed by atoms with Crippen molar-refractivity contribution in [2.45, 2.75) is 58.8 Å². The maximum absolute atomic E-state index is 12.8. The summed E-state index contributed by atoms with van der Waals surface area (Å²) < 4.78 is 7.23. The first-order valence-corrected chi connectivity index (χ1v) is 8.47. The summed E-state index contributed by atoms with van der Waals surface area (Å²) in [4.78, 5) is 23.0. The van der Waals surface area contributed by atoms with Crippen molar-refractivity contribution < 1.29 is 9.32 Å². The van der Waals surface area contributed by atoms with Crippen LogP contribution in [0.15, 0.2) is 17.0 Å². The Hall–Kier alpha value is -2.22. The zero-order valence-corrected chi connectivity index (χ0v) is 14.2. The summed E-state index contributed by atoms with van der Waals surface area (Å²) >= 11 is 0. The molecule has 2 aromatic heterocycles. The number of aryl methyl sites for hydroxylation is 2. The first-order valence-electron chi connectivity index (χ1n) is 8.47. The second-order valence-electron chi connectivity index (χ2n) is 6.10. The van der Waals surface area contributed by atoms with Crippen molar-refractivity contribution in [2.75, 3.05) is 6.54 Å². The molecule has 3 rings (SSSR count). The molecule has 1 atom stereocenters. The van der Waals surface area contributed by atoms with Gasteiger partial charge in [-0.3, -0.25) is 4.79 Å². The Labute approximate surface area is 141 Å². The van der Waals surface area contributed by atoms with Gasteiger partial charge in [-0.25, -0.2) is 4.98 Å². The number of nitrogens with zero attached hydrogens (tertiary/aromatic N) is 5. The third-order valence-electron chi connectivity index (χ3n) is 4.35. The number of hydrogen-bond donors (Lipinski definition) is 1. The van der Waals surface area contributed by atoms with Crippen molar-refractivity contribution in [1.29, 1.82) is 0 Å². The molecular formula is C16H24N6O2. The van der Waals surface area contributed by atoms with E-state index in [2.05, 4.69) is 31.9 Å². The molecular weight excluding hydrogens is 308 g/mol. The molecule has 1 fully saturated rings. The van der Waals surface area contributed by atoms with E-state index < -0.39 is 0 Å². The number of carbonyl (C=O) groups is 1. The van der Waals surface area contributed by atoms with Gasteiger partial charge in [-0.05, 0) is 33.1 Å². The fourth-order valence-corrected chi connectivity index (χ4v) is 3.03. The van der Waals surface area contributed by atoms with E-state index in [9.17, 15) is 4.79 Å². The van der Waals surface area contributed by atoms with E-state index in [1.807, 2.05) is 17.4 Å². The predicted octanol–water partition coefficient (Wildman–Crippen LogP) is 1.27. The molecule has 0 spiro atoms. The van der Waals surface area contributed by atoms with Gasteiger partial charge in [-0.15, -0.1) is 0 Å². The highest BCUT2D eigenvalue weighted by atomic mass is 16.5. The van der Waals surface area contributed by atoms with Gasteiger partial charge < -0.3 is 19.3 Å². The molecule has 1 aliphatic rings. The predicted molar refractivity (Wildman–Crippen MR) is 86.8 cm³/mol. The van der Waals surface area contributed by atoms with Gasteiger partial charge in [0.25, 0.3) is 0 Å². The van der Waals surface area contributed by atoms with Crippen molar-refractivity contribution in [3.63, 3.8) is 0 Å². The zero-order valence-electron chi connectivity index (χ0n) is 14.2. The largest absolute Gasteiger partial charge is 0.337 e. The van der Waals surface area contributed by atoms with E-state index in [0.29, 0.717) is 24.8 Å². The zero-order chi connectivity index (χ0) is 16.9. The number of likely N-dealkylation sites (tertiary alicyclic amines) is 1. The first-order chi connectivity index (χ1) is 11.7. The van der Waals surface area contributed by atoms with Crippen LogP contribution in [0.3, 0.4) is 0 Å². The normalized spacial score (nSPS) is 18.8. The van der Waals surface area contributed by atoms with Gasteiger partial charge in [0.15, 0.2) is 5.82 Å². The lowest BCUT2D eigenvalue weighted by atomic mass is 10.1. The average molecular weight is 332 g/mol. The van der Waals surface area contributed by atoms with Crippen LogP contribution in [0.1, 0.15) is 43.6 Å².